The van der Waals surface area contributed by atoms with Crippen molar-refractivity contribution in [3.05, 3.63) is 52.2 Å². The number of rotatable bonds is 1. The number of carbonyl (C=O) groups is 2. The first-order valence-electron chi connectivity index (χ1n) is 10.6. The predicted molar refractivity (Wildman–Crippen MR) is 119 cm³/mol. The van der Waals surface area contributed by atoms with Crippen LogP contribution in [0.25, 0.3) is 11.3 Å². The third kappa shape index (κ3) is 4.32. The summed E-state index contributed by atoms with van der Waals surface area (Å²) in [5.74, 6) is 1.61. The topological polar surface area (TPSA) is 123 Å². The summed E-state index contributed by atoms with van der Waals surface area (Å²) < 4.78 is 17.1. The van der Waals surface area contributed by atoms with E-state index < -0.39 is 12.1 Å². The van der Waals surface area contributed by atoms with Crippen LogP contribution in [0.1, 0.15) is 36.2 Å². The Bertz CT molecular complexity index is 1190. The number of imidazole rings is 1. The van der Waals surface area contributed by atoms with Crippen molar-refractivity contribution in [3.8, 4) is 17.0 Å². The van der Waals surface area contributed by atoms with Crippen LogP contribution in [0.3, 0.4) is 0 Å². The zero-order chi connectivity index (χ0) is 22.9. The first-order valence-corrected chi connectivity index (χ1v) is 11.4. The molecule has 0 spiro atoms. The molecule has 5 rings (SSSR count). The number of aromatic nitrogens is 3. The molecule has 2 unspecified atom stereocenters. The van der Waals surface area contributed by atoms with Crippen molar-refractivity contribution in [1.29, 1.82) is 0 Å². The number of methoxy groups -OCH3 is 1. The maximum absolute atomic E-state index is 13.5. The maximum Gasteiger partial charge on any atom is 0.407 e. The van der Waals surface area contributed by atoms with E-state index in [0.29, 0.717) is 35.3 Å². The minimum absolute atomic E-state index is 0.144. The van der Waals surface area contributed by atoms with Gasteiger partial charge in [-0.1, -0.05) is 21.1 Å². The molecule has 2 N–H and O–H groups in total. The van der Waals surface area contributed by atoms with E-state index in [1.165, 1.54) is 7.11 Å². The van der Waals surface area contributed by atoms with Crippen molar-refractivity contribution in [2.24, 2.45) is 0 Å². The highest BCUT2D eigenvalue weighted by atomic mass is 79.9. The molecule has 0 saturated carbocycles. The highest BCUT2D eigenvalue weighted by Crippen LogP contribution is 2.36. The third-order valence-electron chi connectivity index (χ3n) is 5.84. The fraction of sp³-hybridized carbons (Fsp3) is 0.364. The Labute approximate surface area is 197 Å². The van der Waals surface area contributed by atoms with E-state index in [9.17, 15) is 9.59 Å². The molecule has 2 aliphatic heterocycles. The van der Waals surface area contributed by atoms with Gasteiger partial charge in [0.05, 0.1) is 24.5 Å². The van der Waals surface area contributed by atoms with Gasteiger partial charge < -0.3 is 29.2 Å². The van der Waals surface area contributed by atoms with Gasteiger partial charge in [-0.3, -0.25) is 4.79 Å². The second-order valence-electron chi connectivity index (χ2n) is 7.97. The normalized spacial score (nSPS) is 20.2. The molecule has 33 heavy (non-hydrogen) atoms. The van der Waals surface area contributed by atoms with E-state index in [1.807, 2.05) is 24.4 Å². The van der Waals surface area contributed by atoms with Crippen LogP contribution >= 0.6 is 15.9 Å². The minimum atomic E-state index is -0.857. The SMILES string of the molecule is COC(=O)NC1Cc2cc(on2)COc2cc(Br)ccc2-c2c[nH]c(n2)C2CCCN2C1=O. The number of fused-ring (bicyclic) bond motifs is 8. The van der Waals surface area contributed by atoms with Crippen LogP contribution in [0.5, 0.6) is 5.75 Å². The summed E-state index contributed by atoms with van der Waals surface area (Å²) in [4.78, 5) is 35.3. The van der Waals surface area contributed by atoms with Gasteiger partial charge >= 0.3 is 6.09 Å². The molecule has 4 bridgehead atoms. The van der Waals surface area contributed by atoms with E-state index >= 15 is 0 Å². The van der Waals surface area contributed by atoms with Crippen LogP contribution in [-0.2, 0) is 22.6 Å². The highest BCUT2D eigenvalue weighted by molar-refractivity contribution is 9.10. The Kier molecular flexibility index (Phi) is 5.79. The summed E-state index contributed by atoms with van der Waals surface area (Å²) in [6.45, 7) is 0.709. The van der Waals surface area contributed by atoms with E-state index in [1.54, 1.807) is 11.0 Å². The number of aromatic amines is 1. The van der Waals surface area contributed by atoms with Crippen molar-refractivity contribution >= 4 is 27.9 Å². The number of halogens is 1. The number of H-pyrrole nitrogens is 1. The monoisotopic (exact) mass is 515 g/mol. The lowest BCUT2D eigenvalue weighted by Gasteiger charge is -2.27. The van der Waals surface area contributed by atoms with E-state index in [4.69, 9.17) is 19.0 Å². The summed E-state index contributed by atoms with van der Waals surface area (Å²) >= 11 is 3.49. The molecular formula is C22H22BrN5O5. The second kappa shape index (κ2) is 8.89. The number of ether oxygens (including phenoxy) is 2. The molecule has 2 amide bonds. The van der Waals surface area contributed by atoms with Crippen LogP contribution in [0, 0.1) is 0 Å². The van der Waals surface area contributed by atoms with E-state index in [2.05, 4.69) is 31.4 Å². The summed E-state index contributed by atoms with van der Waals surface area (Å²) in [6, 6.07) is 6.36. The fourth-order valence-electron chi connectivity index (χ4n) is 4.27. The molecule has 11 heteroatoms. The molecule has 3 aromatic rings. The number of nitrogens with one attached hydrogen (secondary N) is 2. The molecular weight excluding hydrogens is 494 g/mol. The largest absolute Gasteiger partial charge is 0.485 e. The number of benzene rings is 1. The van der Waals surface area contributed by atoms with E-state index in [0.717, 1.165) is 22.9 Å². The lowest BCUT2D eigenvalue weighted by molar-refractivity contribution is -0.134. The lowest BCUT2D eigenvalue weighted by Crippen LogP contribution is -2.49. The average molecular weight is 516 g/mol. The number of carbonyl (C=O) groups excluding carboxylic acids is 2. The number of alkyl carbamates (subject to hydrolysis) is 1. The Morgan fingerprint density at radius 2 is 2.24 bits per heavy atom. The van der Waals surface area contributed by atoms with Gasteiger partial charge in [0, 0.05) is 35.3 Å². The molecule has 2 aliphatic rings. The second-order valence-corrected chi connectivity index (χ2v) is 8.88. The molecule has 2 aromatic heterocycles. The summed E-state index contributed by atoms with van der Waals surface area (Å²) in [5, 5.41) is 6.71. The minimum Gasteiger partial charge on any atom is -0.485 e. The number of nitrogens with zero attached hydrogens (tertiary/aromatic N) is 3. The third-order valence-corrected chi connectivity index (χ3v) is 6.33. The van der Waals surface area contributed by atoms with Gasteiger partial charge in [0.15, 0.2) is 5.76 Å². The van der Waals surface area contributed by atoms with Crippen molar-refractivity contribution in [2.45, 2.75) is 38.0 Å². The first kappa shape index (κ1) is 21.5. The van der Waals surface area contributed by atoms with Gasteiger partial charge in [-0.2, -0.15) is 0 Å². The Morgan fingerprint density at radius 1 is 1.36 bits per heavy atom. The Balaban J connectivity index is 1.57. The van der Waals surface area contributed by atoms with Gasteiger partial charge in [0.2, 0.25) is 5.91 Å². The van der Waals surface area contributed by atoms with Crippen molar-refractivity contribution in [2.75, 3.05) is 13.7 Å². The smallest absolute Gasteiger partial charge is 0.407 e. The van der Waals surface area contributed by atoms with Gasteiger partial charge in [0.1, 0.15) is 24.2 Å². The summed E-state index contributed by atoms with van der Waals surface area (Å²) in [7, 11) is 1.26. The highest BCUT2D eigenvalue weighted by Gasteiger charge is 2.37. The standard InChI is InChI=1S/C22H22BrN5O5/c1-31-22(30)26-16-9-13-8-14(33-27-13)11-32-19-7-12(23)4-5-15(19)17-10-24-20(25-17)18-3-2-6-28(18)21(16)29/h4-5,7-8,10,16,18H,2-3,6,9,11H2,1H3,(H,24,25)(H,26,30). The van der Waals surface area contributed by atoms with Crippen LogP contribution in [-0.4, -0.2) is 51.7 Å². The number of hydrogen-bond donors (Lipinski definition) is 2. The Morgan fingerprint density at radius 3 is 3.09 bits per heavy atom. The summed E-state index contributed by atoms with van der Waals surface area (Å²) in [5.41, 5.74) is 2.06. The lowest BCUT2D eigenvalue weighted by atomic mass is 10.1. The van der Waals surface area contributed by atoms with Crippen LogP contribution < -0.4 is 10.1 Å². The van der Waals surface area contributed by atoms with Crippen LogP contribution in [0.4, 0.5) is 4.79 Å². The molecule has 0 radical (unpaired) electrons. The quantitative estimate of drug-likeness (QED) is 0.509. The molecule has 1 fully saturated rings. The first-order chi connectivity index (χ1) is 16.0. The van der Waals surface area contributed by atoms with Crippen LogP contribution in [0.15, 0.2) is 39.5 Å². The molecule has 2 atom stereocenters. The van der Waals surface area contributed by atoms with Gasteiger partial charge in [-0.05, 0) is 31.0 Å². The van der Waals surface area contributed by atoms with E-state index in [-0.39, 0.29) is 25.0 Å². The van der Waals surface area contributed by atoms with Gasteiger partial charge in [-0.15, -0.1) is 0 Å². The fourth-order valence-corrected chi connectivity index (χ4v) is 4.61. The number of hydrogen-bond acceptors (Lipinski definition) is 7. The van der Waals surface area contributed by atoms with Crippen molar-refractivity contribution in [1.82, 2.24) is 25.3 Å². The maximum atomic E-state index is 13.5. The molecule has 172 valence electrons. The predicted octanol–water partition coefficient (Wildman–Crippen LogP) is 3.35. The molecule has 4 heterocycles. The average Bonchev–Trinajstić information content (AvgIpc) is 3.56. The molecule has 1 saturated heterocycles. The summed E-state index contributed by atoms with van der Waals surface area (Å²) in [6.07, 6.45) is 2.89. The molecule has 0 aliphatic carbocycles. The zero-order valence-electron chi connectivity index (χ0n) is 17.8. The zero-order valence-corrected chi connectivity index (χ0v) is 19.4. The molecule has 1 aromatic carbocycles. The van der Waals surface area contributed by atoms with Gasteiger partial charge in [-0.25, -0.2) is 9.78 Å². The number of amides is 2. The molecule has 10 nitrogen and oxygen atoms in total. The van der Waals surface area contributed by atoms with Gasteiger partial charge in [0.25, 0.3) is 0 Å². The van der Waals surface area contributed by atoms with Crippen LogP contribution in [0.2, 0.25) is 0 Å². The van der Waals surface area contributed by atoms with Crippen molar-refractivity contribution in [3.63, 3.8) is 0 Å². The Hall–Kier alpha value is -3.34. The van der Waals surface area contributed by atoms with Crippen molar-refractivity contribution < 1.29 is 23.6 Å².